The third kappa shape index (κ3) is 5.09. The first-order valence-electron chi connectivity index (χ1n) is 11.9. The summed E-state index contributed by atoms with van der Waals surface area (Å²) < 4.78 is 6.91. The predicted molar refractivity (Wildman–Crippen MR) is 137 cm³/mol. The Morgan fingerprint density at radius 3 is 1.61 bits per heavy atom. The number of aliphatic hydroxyl groups is 1. The maximum atomic E-state index is 11.3. The van der Waals surface area contributed by atoms with E-state index in [1.54, 1.807) is 0 Å². The molecule has 0 aliphatic rings. The van der Waals surface area contributed by atoms with Crippen molar-refractivity contribution >= 4 is 8.32 Å². The van der Waals surface area contributed by atoms with Gasteiger partial charge in [-0.1, -0.05) is 73.6 Å². The molecule has 31 heavy (non-hydrogen) atoms. The fraction of sp³-hybridized carbons (Fsp3) is 0.571. The van der Waals surface area contributed by atoms with Gasteiger partial charge in [-0.05, 0) is 88.8 Å². The average molecular weight is 441 g/mol. The van der Waals surface area contributed by atoms with Crippen LogP contribution in [0.2, 0.25) is 16.6 Å². The highest BCUT2D eigenvalue weighted by molar-refractivity contribution is 6.78. The van der Waals surface area contributed by atoms with E-state index in [4.69, 9.17) is 4.43 Å². The van der Waals surface area contributed by atoms with E-state index in [-0.39, 0.29) is 0 Å². The van der Waals surface area contributed by atoms with Crippen LogP contribution < -0.4 is 4.43 Å². The summed E-state index contributed by atoms with van der Waals surface area (Å²) in [5, 5.41) is 11.3. The van der Waals surface area contributed by atoms with Crippen molar-refractivity contribution in [3.8, 4) is 5.75 Å². The van der Waals surface area contributed by atoms with Crippen molar-refractivity contribution in [1.29, 1.82) is 0 Å². The van der Waals surface area contributed by atoms with E-state index < -0.39 is 14.4 Å². The summed E-state index contributed by atoms with van der Waals surface area (Å²) >= 11 is 0. The highest BCUT2D eigenvalue weighted by atomic mass is 28.4. The Morgan fingerprint density at radius 1 is 0.710 bits per heavy atom. The Balaban J connectivity index is 2.48. The van der Waals surface area contributed by atoms with E-state index in [2.05, 4.69) is 106 Å². The third-order valence-corrected chi connectivity index (χ3v) is 13.1. The van der Waals surface area contributed by atoms with E-state index >= 15 is 0 Å². The van der Waals surface area contributed by atoms with Crippen LogP contribution in [0, 0.1) is 20.8 Å². The Hall–Kier alpha value is -1.58. The molecule has 0 saturated heterocycles. The minimum Gasteiger partial charge on any atom is -0.543 e. The van der Waals surface area contributed by atoms with Crippen LogP contribution in [0.5, 0.6) is 5.75 Å². The largest absolute Gasteiger partial charge is 0.543 e. The summed E-state index contributed by atoms with van der Waals surface area (Å²) in [7, 11) is -2.01. The lowest BCUT2D eigenvalue weighted by molar-refractivity contribution is 0.218. The molecule has 0 saturated carbocycles. The average Bonchev–Trinajstić information content (AvgIpc) is 2.64. The molecular weight excluding hydrogens is 396 g/mol. The lowest BCUT2D eigenvalue weighted by atomic mass is 9.89. The molecule has 1 atom stereocenters. The molecule has 0 aliphatic carbocycles. The summed E-state index contributed by atoms with van der Waals surface area (Å²) in [5.41, 5.74) is 8.30. The van der Waals surface area contributed by atoms with Gasteiger partial charge in [-0.15, -0.1) is 0 Å². The Labute approximate surface area is 192 Å². The molecule has 0 fully saturated rings. The standard InChI is InChI=1S/C28H44O2Si/c1-17(2)26-16-24(13-12-21(26)9)28(29)27-22(10)14-25(15-23(27)11)30-31(18(3)4,19(5)6)20(7)8/h12-20,28-29H,1-11H3. The van der Waals surface area contributed by atoms with Gasteiger partial charge >= 0.3 is 0 Å². The van der Waals surface area contributed by atoms with Crippen LogP contribution in [0.1, 0.15) is 101 Å². The normalized spacial score (nSPS) is 13.5. The number of aliphatic hydroxyl groups excluding tert-OH is 1. The number of hydrogen-bond donors (Lipinski definition) is 1. The zero-order valence-corrected chi connectivity index (χ0v) is 22.6. The number of aryl methyl sites for hydroxylation is 3. The monoisotopic (exact) mass is 440 g/mol. The van der Waals surface area contributed by atoms with Crippen molar-refractivity contribution in [3.05, 3.63) is 63.7 Å². The van der Waals surface area contributed by atoms with Crippen LogP contribution >= 0.6 is 0 Å². The van der Waals surface area contributed by atoms with Gasteiger partial charge in [-0.2, -0.15) is 0 Å². The highest BCUT2D eigenvalue weighted by Gasteiger charge is 2.47. The van der Waals surface area contributed by atoms with Crippen LogP contribution in [0.4, 0.5) is 0 Å². The fourth-order valence-electron chi connectivity index (χ4n) is 5.60. The van der Waals surface area contributed by atoms with Crippen molar-refractivity contribution in [1.82, 2.24) is 0 Å². The summed E-state index contributed by atoms with van der Waals surface area (Å²) in [6.07, 6.45) is -0.630. The van der Waals surface area contributed by atoms with Gasteiger partial charge in [0.05, 0.1) is 0 Å². The molecule has 172 valence electrons. The first-order chi connectivity index (χ1) is 14.3. The second kappa shape index (κ2) is 9.91. The lowest BCUT2D eigenvalue weighted by Crippen LogP contribution is -2.50. The van der Waals surface area contributed by atoms with E-state index in [0.717, 1.165) is 28.0 Å². The molecule has 1 N–H and O–H groups in total. The zero-order valence-electron chi connectivity index (χ0n) is 21.6. The topological polar surface area (TPSA) is 29.5 Å². The SMILES string of the molecule is Cc1ccc(C(O)c2c(C)cc(O[Si](C(C)C)(C(C)C)C(C)C)cc2C)cc1C(C)C. The predicted octanol–water partition coefficient (Wildman–Crippen LogP) is 8.37. The molecule has 0 radical (unpaired) electrons. The number of benzene rings is 2. The number of hydrogen-bond acceptors (Lipinski definition) is 2. The molecule has 2 nitrogen and oxygen atoms in total. The molecule has 1 unspecified atom stereocenters. The first-order valence-corrected chi connectivity index (χ1v) is 14.1. The number of rotatable bonds is 8. The van der Waals surface area contributed by atoms with Crippen LogP contribution in [0.3, 0.4) is 0 Å². The first kappa shape index (κ1) is 25.7. The molecule has 0 amide bonds. The molecule has 0 spiro atoms. The van der Waals surface area contributed by atoms with Gasteiger partial charge in [0.1, 0.15) is 11.9 Å². The Bertz CT molecular complexity index is 851. The lowest BCUT2D eigenvalue weighted by Gasteiger charge is -2.42. The van der Waals surface area contributed by atoms with Gasteiger partial charge in [-0.25, -0.2) is 0 Å². The van der Waals surface area contributed by atoms with E-state index in [0.29, 0.717) is 22.5 Å². The second-order valence-electron chi connectivity index (χ2n) is 10.6. The van der Waals surface area contributed by atoms with Gasteiger partial charge < -0.3 is 9.53 Å². The smallest absolute Gasteiger partial charge is 0.258 e. The summed E-state index contributed by atoms with van der Waals surface area (Å²) in [5.74, 6) is 1.40. The van der Waals surface area contributed by atoms with Gasteiger partial charge in [0.15, 0.2) is 0 Å². The Morgan fingerprint density at radius 2 is 1.19 bits per heavy atom. The van der Waals surface area contributed by atoms with E-state index in [1.807, 2.05) is 0 Å². The summed E-state index contributed by atoms with van der Waals surface area (Å²) in [6, 6.07) is 10.6. The van der Waals surface area contributed by atoms with Crippen LogP contribution in [0.15, 0.2) is 30.3 Å². The molecule has 0 bridgehead atoms. The minimum absolute atomic E-state index is 0.436. The van der Waals surface area contributed by atoms with Crippen molar-refractivity contribution in [2.75, 3.05) is 0 Å². The van der Waals surface area contributed by atoms with Crippen molar-refractivity contribution in [2.45, 2.75) is 105 Å². The van der Waals surface area contributed by atoms with Crippen molar-refractivity contribution in [2.24, 2.45) is 0 Å². The molecule has 2 aromatic carbocycles. The summed E-state index contributed by atoms with van der Waals surface area (Å²) in [6.45, 7) is 24.6. The van der Waals surface area contributed by atoms with Gasteiger partial charge in [0, 0.05) is 0 Å². The molecule has 2 rings (SSSR count). The van der Waals surface area contributed by atoms with Gasteiger partial charge in [-0.3, -0.25) is 0 Å². The molecule has 2 aromatic rings. The molecule has 0 aliphatic heterocycles. The second-order valence-corrected chi connectivity index (χ2v) is 15.9. The quantitative estimate of drug-likeness (QED) is 0.418. The maximum absolute atomic E-state index is 11.3. The van der Waals surface area contributed by atoms with E-state index in [9.17, 15) is 5.11 Å². The van der Waals surface area contributed by atoms with Crippen LogP contribution in [-0.4, -0.2) is 13.4 Å². The molecule has 0 aromatic heterocycles. The van der Waals surface area contributed by atoms with Crippen molar-refractivity contribution < 1.29 is 9.53 Å². The zero-order chi connectivity index (χ0) is 23.7. The highest BCUT2D eigenvalue weighted by Crippen LogP contribution is 2.43. The van der Waals surface area contributed by atoms with Crippen LogP contribution in [-0.2, 0) is 0 Å². The minimum atomic E-state index is -2.01. The molecule has 3 heteroatoms. The van der Waals surface area contributed by atoms with Crippen molar-refractivity contribution in [3.63, 3.8) is 0 Å². The molecular formula is C28H44O2Si. The fourth-order valence-corrected chi connectivity index (χ4v) is 10.8. The van der Waals surface area contributed by atoms with Gasteiger partial charge in [0.25, 0.3) is 8.32 Å². The Kier molecular flexibility index (Phi) is 8.21. The van der Waals surface area contributed by atoms with E-state index in [1.165, 1.54) is 11.1 Å². The third-order valence-electron chi connectivity index (χ3n) is 7.08. The van der Waals surface area contributed by atoms with Gasteiger partial charge in [0.2, 0.25) is 0 Å². The van der Waals surface area contributed by atoms with Crippen LogP contribution in [0.25, 0.3) is 0 Å². The maximum Gasteiger partial charge on any atom is 0.258 e. The molecule has 0 heterocycles. The summed E-state index contributed by atoms with van der Waals surface area (Å²) in [4.78, 5) is 0.